The van der Waals surface area contributed by atoms with E-state index in [0.29, 0.717) is 6.61 Å². The van der Waals surface area contributed by atoms with Crippen LogP contribution >= 0.6 is 0 Å². The first-order valence-corrected chi connectivity index (χ1v) is 6.26. The highest BCUT2D eigenvalue weighted by Gasteiger charge is 2.67. The van der Waals surface area contributed by atoms with Crippen LogP contribution in [0.1, 0.15) is 27.7 Å². The van der Waals surface area contributed by atoms with E-state index in [0.717, 1.165) is 0 Å². The van der Waals surface area contributed by atoms with Gasteiger partial charge < -0.3 is 28.8 Å². The lowest BCUT2D eigenvalue weighted by Gasteiger charge is -2.32. The molecule has 4 atom stereocenters. The van der Waals surface area contributed by atoms with E-state index in [4.69, 9.17) is 23.7 Å². The highest BCUT2D eigenvalue weighted by Crippen LogP contribution is 2.48. The van der Waals surface area contributed by atoms with E-state index < -0.39 is 35.7 Å². The SMILES string of the molecule is CC1(C)OCC([C@]23OCC(O)C2OC(C)(C)O3)O1. The maximum Gasteiger partial charge on any atom is 0.229 e. The van der Waals surface area contributed by atoms with Crippen molar-refractivity contribution in [3.63, 3.8) is 0 Å². The van der Waals surface area contributed by atoms with Gasteiger partial charge in [0.25, 0.3) is 0 Å². The van der Waals surface area contributed by atoms with Crippen molar-refractivity contribution in [1.29, 1.82) is 0 Å². The highest BCUT2D eigenvalue weighted by molar-refractivity contribution is 5.04. The van der Waals surface area contributed by atoms with Gasteiger partial charge in [-0.1, -0.05) is 0 Å². The molecule has 3 aliphatic rings. The molecule has 0 aromatic heterocycles. The average Bonchev–Trinajstić information content (AvgIpc) is 2.81. The molecular weight excluding hydrogens is 240 g/mol. The minimum absolute atomic E-state index is 0.182. The molecule has 0 aliphatic carbocycles. The van der Waals surface area contributed by atoms with E-state index in [2.05, 4.69) is 0 Å². The summed E-state index contributed by atoms with van der Waals surface area (Å²) in [5.74, 6) is -2.55. The number of rotatable bonds is 1. The molecule has 0 amide bonds. The van der Waals surface area contributed by atoms with Crippen LogP contribution in [0, 0.1) is 0 Å². The van der Waals surface area contributed by atoms with Crippen LogP contribution in [0.4, 0.5) is 0 Å². The zero-order valence-corrected chi connectivity index (χ0v) is 11.1. The van der Waals surface area contributed by atoms with Gasteiger partial charge in [-0.15, -0.1) is 0 Å². The van der Waals surface area contributed by atoms with Crippen LogP contribution in [-0.2, 0) is 23.7 Å². The van der Waals surface area contributed by atoms with Crippen molar-refractivity contribution in [3.05, 3.63) is 0 Å². The number of aliphatic hydroxyl groups excluding tert-OH is 1. The van der Waals surface area contributed by atoms with Crippen LogP contribution in [-0.4, -0.2) is 54.0 Å². The quantitative estimate of drug-likeness (QED) is 0.735. The maximum atomic E-state index is 9.96. The predicted octanol–water partition coefficient (Wildman–Crippen LogP) is 0.377. The van der Waals surface area contributed by atoms with Crippen molar-refractivity contribution in [3.8, 4) is 0 Å². The van der Waals surface area contributed by atoms with Gasteiger partial charge in [-0.05, 0) is 27.7 Å². The number of aliphatic hydroxyl groups is 1. The molecule has 6 nitrogen and oxygen atoms in total. The number of fused-ring (bicyclic) bond motifs is 1. The largest absolute Gasteiger partial charge is 0.388 e. The molecule has 0 radical (unpaired) electrons. The van der Waals surface area contributed by atoms with Gasteiger partial charge in [0.1, 0.15) is 18.3 Å². The predicted molar refractivity (Wildman–Crippen MR) is 59.6 cm³/mol. The third kappa shape index (κ3) is 1.79. The molecule has 0 aromatic rings. The summed E-state index contributed by atoms with van der Waals surface area (Å²) in [6, 6.07) is 0. The van der Waals surface area contributed by atoms with E-state index in [1.54, 1.807) is 13.8 Å². The van der Waals surface area contributed by atoms with Crippen molar-refractivity contribution >= 4 is 0 Å². The first-order chi connectivity index (χ1) is 8.24. The third-order valence-corrected chi connectivity index (χ3v) is 3.50. The molecule has 3 unspecified atom stereocenters. The van der Waals surface area contributed by atoms with Gasteiger partial charge in [0, 0.05) is 0 Å². The minimum Gasteiger partial charge on any atom is -0.388 e. The first-order valence-electron chi connectivity index (χ1n) is 6.26. The Morgan fingerprint density at radius 1 is 0.944 bits per heavy atom. The van der Waals surface area contributed by atoms with E-state index in [9.17, 15) is 5.11 Å². The van der Waals surface area contributed by atoms with Crippen LogP contribution in [0.25, 0.3) is 0 Å². The van der Waals surface area contributed by atoms with Crippen molar-refractivity contribution in [2.24, 2.45) is 0 Å². The molecule has 3 fully saturated rings. The molecule has 0 spiro atoms. The molecule has 3 heterocycles. The highest BCUT2D eigenvalue weighted by atomic mass is 16.9. The molecule has 18 heavy (non-hydrogen) atoms. The van der Waals surface area contributed by atoms with Crippen molar-refractivity contribution < 1.29 is 28.8 Å². The van der Waals surface area contributed by atoms with Crippen LogP contribution < -0.4 is 0 Å². The Morgan fingerprint density at radius 3 is 2.28 bits per heavy atom. The average molecular weight is 260 g/mol. The zero-order valence-electron chi connectivity index (χ0n) is 11.1. The van der Waals surface area contributed by atoms with Crippen LogP contribution in [0.3, 0.4) is 0 Å². The van der Waals surface area contributed by atoms with Gasteiger partial charge in [-0.2, -0.15) is 0 Å². The second-order valence-corrected chi connectivity index (χ2v) is 5.96. The van der Waals surface area contributed by atoms with E-state index >= 15 is 0 Å². The fourth-order valence-corrected chi connectivity index (χ4v) is 2.84. The number of hydrogen-bond acceptors (Lipinski definition) is 6. The molecule has 0 aromatic carbocycles. The Bertz CT molecular complexity index is 354. The molecular formula is C12H20O6. The Morgan fingerprint density at radius 2 is 1.67 bits per heavy atom. The Hall–Kier alpha value is -0.240. The fraction of sp³-hybridized carbons (Fsp3) is 1.00. The number of hydrogen-bond donors (Lipinski definition) is 1. The summed E-state index contributed by atoms with van der Waals surface area (Å²) in [4.78, 5) is 0. The molecule has 1 N–H and O–H groups in total. The lowest BCUT2D eigenvalue weighted by molar-refractivity contribution is -0.290. The second-order valence-electron chi connectivity index (χ2n) is 5.96. The lowest BCUT2D eigenvalue weighted by atomic mass is 10.0. The van der Waals surface area contributed by atoms with E-state index in [1.165, 1.54) is 0 Å². The summed E-state index contributed by atoms with van der Waals surface area (Å²) >= 11 is 0. The Balaban J connectivity index is 1.88. The van der Waals surface area contributed by atoms with Crippen molar-refractivity contribution in [2.45, 2.75) is 63.4 Å². The molecule has 0 bridgehead atoms. The zero-order chi connectivity index (χ0) is 13.2. The monoisotopic (exact) mass is 260 g/mol. The van der Waals surface area contributed by atoms with Gasteiger partial charge in [0.15, 0.2) is 11.6 Å². The third-order valence-electron chi connectivity index (χ3n) is 3.50. The van der Waals surface area contributed by atoms with Gasteiger partial charge in [-0.3, -0.25) is 0 Å². The smallest absolute Gasteiger partial charge is 0.229 e. The van der Waals surface area contributed by atoms with Crippen molar-refractivity contribution in [2.75, 3.05) is 13.2 Å². The molecule has 3 aliphatic heterocycles. The molecule has 104 valence electrons. The minimum atomic E-state index is -1.07. The van der Waals surface area contributed by atoms with Gasteiger partial charge >= 0.3 is 0 Å². The first kappa shape index (κ1) is 12.8. The van der Waals surface area contributed by atoms with Gasteiger partial charge in [0.05, 0.1) is 13.2 Å². The molecule has 6 heteroatoms. The van der Waals surface area contributed by atoms with Crippen LogP contribution in [0.2, 0.25) is 0 Å². The van der Waals surface area contributed by atoms with Crippen LogP contribution in [0.5, 0.6) is 0 Å². The number of ether oxygens (including phenoxy) is 5. The lowest BCUT2D eigenvalue weighted by Crippen LogP contribution is -2.52. The van der Waals surface area contributed by atoms with Crippen molar-refractivity contribution in [1.82, 2.24) is 0 Å². The Labute approximate surface area is 106 Å². The summed E-state index contributed by atoms with van der Waals surface area (Å²) in [7, 11) is 0. The van der Waals surface area contributed by atoms with Crippen LogP contribution in [0.15, 0.2) is 0 Å². The van der Waals surface area contributed by atoms with Gasteiger partial charge in [-0.25, -0.2) is 0 Å². The summed E-state index contributed by atoms with van der Waals surface area (Å²) < 4.78 is 28.7. The summed E-state index contributed by atoms with van der Waals surface area (Å²) in [6.45, 7) is 7.81. The second kappa shape index (κ2) is 3.65. The van der Waals surface area contributed by atoms with Gasteiger partial charge in [0.2, 0.25) is 5.79 Å². The topological polar surface area (TPSA) is 66.4 Å². The summed E-state index contributed by atoms with van der Waals surface area (Å²) in [6.07, 6.45) is -1.66. The Kier molecular flexibility index (Phi) is 2.59. The van der Waals surface area contributed by atoms with E-state index in [1.807, 2.05) is 13.8 Å². The van der Waals surface area contributed by atoms with E-state index in [-0.39, 0.29) is 6.61 Å². The fourth-order valence-electron chi connectivity index (χ4n) is 2.84. The maximum absolute atomic E-state index is 9.96. The summed E-state index contributed by atoms with van der Waals surface area (Å²) in [5.41, 5.74) is 0. The summed E-state index contributed by atoms with van der Waals surface area (Å²) in [5, 5.41) is 9.96. The normalized spacial score (nSPS) is 49.5. The molecule has 0 saturated carbocycles. The molecule has 3 rings (SSSR count). The molecule has 3 saturated heterocycles. The standard InChI is InChI=1S/C12H20O6/c1-10(2)14-6-8(16-10)12-9(7(13)5-15-12)17-11(3,4)18-12/h7-9,13H,5-6H2,1-4H3/t7?,8?,9?,12-/m1/s1.